The summed E-state index contributed by atoms with van der Waals surface area (Å²) in [5.74, 6) is -3.19. The molecule has 1 aliphatic rings. The van der Waals surface area contributed by atoms with E-state index in [1.165, 1.54) is 0 Å². The first-order valence-electron chi connectivity index (χ1n) is 14.2. The van der Waals surface area contributed by atoms with E-state index in [2.05, 4.69) is 16.0 Å². The summed E-state index contributed by atoms with van der Waals surface area (Å²) in [5.41, 5.74) is 1.22. The third-order valence-corrected chi connectivity index (χ3v) is 7.13. The van der Waals surface area contributed by atoms with Crippen molar-refractivity contribution >= 4 is 29.7 Å². The molecule has 4 rings (SSSR count). The normalized spacial score (nSPS) is 17.3. The number of carboxylic acids is 1. The van der Waals surface area contributed by atoms with Crippen LogP contribution in [-0.4, -0.2) is 65.1 Å². The fourth-order valence-corrected chi connectivity index (χ4v) is 4.57. The van der Waals surface area contributed by atoms with Crippen LogP contribution in [0.5, 0.6) is 0 Å². The predicted molar refractivity (Wildman–Crippen MR) is 159 cm³/mol. The van der Waals surface area contributed by atoms with Crippen LogP contribution in [0.3, 0.4) is 0 Å². The lowest BCUT2D eigenvalue weighted by molar-refractivity contribution is -0.140. The molecule has 3 amide bonds. The van der Waals surface area contributed by atoms with E-state index in [1.807, 2.05) is 30.3 Å². The van der Waals surface area contributed by atoms with Crippen molar-refractivity contribution in [3.63, 3.8) is 0 Å². The first-order valence-corrected chi connectivity index (χ1v) is 14.2. The molecule has 44 heavy (non-hydrogen) atoms. The molecule has 0 aliphatic carbocycles. The number of carboxylic acid groups (broad SMARTS) is 1. The molecule has 3 aromatic carbocycles. The highest BCUT2D eigenvalue weighted by Gasteiger charge is 2.50. The summed E-state index contributed by atoms with van der Waals surface area (Å²) in [6.45, 7) is 1.80. The Morgan fingerprint density at radius 1 is 0.727 bits per heavy atom. The van der Waals surface area contributed by atoms with Crippen LogP contribution in [0.15, 0.2) is 91.0 Å². The largest absolute Gasteiger partial charge is 0.481 e. The maximum absolute atomic E-state index is 13.7. The fraction of sp³-hybridized carbons (Fsp3) is 0.303. The van der Waals surface area contributed by atoms with Gasteiger partial charge in [-0.3, -0.25) is 19.2 Å². The van der Waals surface area contributed by atoms with Crippen LogP contribution in [0.25, 0.3) is 0 Å². The molecule has 0 aromatic heterocycles. The van der Waals surface area contributed by atoms with Crippen molar-refractivity contribution in [2.75, 3.05) is 6.61 Å². The van der Waals surface area contributed by atoms with Crippen molar-refractivity contribution < 1.29 is 38.6 Å². The standard InChI is InChI=1S/C33H35N3O8/c1-33(21-44-33)29(39)25(17-22-11-5-2-6-12-22)34-30(40)26(18-23-13-7-3-8-14-23)35-31(41)27(19-28(37)38)36-32(42)43-20-24-15-9-4-10-16-24/h2-16,25-27H,17-21H2,1H3,(H,34,40)(H,35,41)(H,36,42)(H,37,38). The zero-order chi connectivity index (χ0) is 31.5. The molecule has 4 unspecified atom stereocenters. The minimum atomic E-state index is -1.54. The summed E-state index contributed by atoms with van der Waals surface area (Å²) in [7, 11) is 0. The predicted octanol–water partition coefficient (Wildman–Crippen LogP) is 2.57. The van der Waals surface area contributed by atoms with E-state index in [0.29, 0.717) is 11.1 Å². The van der Waals surface area contributed by atoms with Crippen molar-refractivity contribution in [1.29, 1.82) is 0 Å². The molecule has 1 heterocycles. The van der Waals surface area contributed by atoms with Crippen LogP contribution in [0.2, 0.25) is 0 Å². The summed E-state index contributed by atoms with van der Waals surface area (Å²) >= 11 is 0. The van der Waals surface area contributed by atoms with E-state index in [9.17, 15) is 29.1 Å². The monoisotopic (exact) mass is 601 g/mol. The quantitative estimate of drug-likeness (QED) is 0.193. The van der Waals surface area contributed by atoms with Gasteiger partial charge in [-0.1, -0.05) is 91.0 Å². The van der Waals surface area contributed by atoms with E-state index in [1.54, 1.807) is 67.6 Å². The second-order valence-electron chi connectivity index (χ2n) is 10.7. The molecule has 1 saturated heterocycles. The number of benzene rings is 3. The smallest absolute Gasteiger partial charge is 0.408 e. The number of ether oxygens (including phenoxy) is 2. The van der Waals surface area contributed by atoms with Gasteiger partial charge in [0.2, 0.25) is 11.8 Å². The van der Waals surface area contributed by atoms with Crippen LogP contribution < -0.4 is 16.0 Å². The summed E-state index contributed by atoms with van der Waals surface area (Å²) < 4.78 is 10.5. The van der Waals surface area contributed by atoms with Gasteiger partial charge in [0.05, 0.1) is 19.1 Å². The number of aliphatic carboxylic acids is 1. The molecule has 0 bridgehead atoms. The van der Waals surface area contributed by atoms with E-state index in [0.717, 1.165) is 5.56 Å². The summed E-state index contributed by atoms with van der Waals surface area (Å²) in [6, 6.07) is 23.2. The van der Waals surface area contributed by atoms with Gasteiger partial charge in [0, 0.05) is 6.42 Å². The first kappa shape index (κ1) is 31.9. The second kappa shape index (κ2) is 14.9. The number of carbonyl (C=O) groups is 5. The minimum absolute atomic E-state index is 0.0384. The van der Waals surface area contributed by atoms with Crippen molar-refractivity contribution in [3.8, 4) is 0 Å². The van der Waals surface area contributed by atoms with Crippen molar-refractivity contribution in [2.24, 2.45) is 0 Å². The first-order chi connectivity index (χ1) is 21.1. The van der Waals surface area contributed by atoms with Crippen LogP contribution in [-0.2, 0) is 48.1 Å². The molecule has 4 N–H and O–H groups in total. The summed E-state index contributed by atoms with van der Waals surface area (Å²) in [4.78, 5) is 64.5. The number of nitrogens with one attached hydrogen (secondary N) is 3. The van der Waals surface area contributed by atoms with Gasteiger partial charge >= 0.3 is 12.1 Å². The lowest BCUT2D eigenvalue weighted by atomic mass is 9.94. The minimum Gasteiger partial charge on any atom is -0.481 e. The molecule has 230 valence electrons. The van der Waals surface area contributed by atoms with E-state index < -0.39 is 54.0 Å². The van der Waals surface area contributed by atoms with Gasteiger partial charge in [-0.25, -0.2) is 4.79 Å². The number of ketones is 1. The lowest BCUT2D eigenvalue weighted by Crippen LogP contribution is -2.57. The third kappa shape index (κ3) is 9.50. The Balaban J connectivity index is 1.50. The zero-order valence-electron chi connectivity index (χ0n) is 24.2. The molecule has 11 heteroatoms. The van der Waals surface area contributed by atoms with Crippen LogP contribution in [0.1, 0.15) is 30.0 Å². The van der Waals surface area contributed by atoms with Crippen LogP contribution in [0.4, 0.5) is 4.79 Å². The Hall–Kier alpha value is -5.03. The Kier molecular flexibility index (Phi) is 10.8. The average molecular weight is 602 g/mol. The van der Waals surface area contributed by atoms with E-state index in [-0.39, 0.29) is 31.8 Å². The number of alkyl carbamates (subject to hydrolysis) is 1. The van der Waals surface area contributed by atoms with Gasteiger partial charge in [-0.05, 0) is 30.0 Å². The third-order valence-electron chi connectivity index (χ3n) is 7.13. The molecule has 11 nitrogen and oxygen atoms in total. The lowest BCUT2D eigenvalue weighted by Gasteiger charge is -2.25. The van der Waals surface area contributed by atoms with Crippen LogP contribution in [0, 0.1) is 0 Å². The number of hydrogen-bond donors (Lipinski definition) is 4. The van der Waals surface area contributed by atoms with Crippen LogP contribution >= 0.6 is 0 Å². The Morgan fingerprint density at radius 3 is 1.68 bits per heavy atom. The summed E-state index contributed by atoms with van der Waals surface area (Å²) in [5, 5.41) is 17.1. The molecular weight excluding hydrogens is 566 g/mol. The highest BCUT2D eigenvalue weighted by atomic mass is 16.6. The van der Waals surface area contributed by atoms with Crippen molar-refractivity contribution in [3.05, 3.63) is 108 Å². The molecule has 0 saturated carbocycles. The molecule has 3 aromatic rings. The molecule has 4 atom stereocenters. The summed E-state index contributed by atoms with van der Waals surface area (Å²) in [6.07, 6.45) is -1.51. The zero-order valence-corrected chi connectivity index (χ0v) is 24.2. The van der Waals surface area contributed by atoms with Crippen molar-refractivity contribution in [1.82, 2.24) is 16.0 Å². The topological polar surface area (TPSA) is 163 Å². The van der Waals surface area contributed by atoms with Gasteiger partial charge in [0.25, 0.3) is 0 Å². The Bertz CT molecular complexity index is 1450. The van der Waals surface area contributed by atoms with E-state index in [4.69, 9.17) is 9.47 Å². The molecular formula is C33H35N3O8. The highest BCUT2D eigenvalue weighted by molar-refractivity contribution is 5.99. The number of rotatable bonds is 15. The maximum atomic E-state index is 13.7. The molecule has 1 aliphatic heterocycles. The molecule has 0 radical (unpaired) electrons. The number of epoxide rings is 1. The number of amides is 3. The Morgan fingerprint density at radius 2 is 1.18 bits per heavy atom. The van der Waals surface area contributed by atoms with Crippen molar-refractivity contribution in [2.45, 2.75) is 56.5 Å². The number of carbonyl (C=O) groups excluding carboxylic acids is 4. The highest BCUT2D eigenvalue weighted by Crippen LogP contribution is 2.29. The molecule has 0 spiro atoms. The van der Waals surface area contributed by atoms with Gasteiger partial charge in [-0.2, -0.15) is 0 Å². The van der Waals surface area contributed by atoms with E-state index >= 15 is 0 Å². The Labute approximate surface area is 254 Å². The maximum Gasteiger partial charge on any atom is 0.408 e. The van der Waals surface area contributed by atoms with Gasteiger partial charge < -0.3 is 30.5 Å². The van der Waals surface area contributed by atoms with Gasteiger partial charge in [-0.15, -0.1) is 0 Å². The van der Waals surface area contributed by atoms with Gasteiger partial charge in [0.15, 0.2) is 5.78 Å². The SMILES string of the molecule is CC1(C(=O)C(Cc2ccccc2)NC(=O)C(Cc2ccccc2)NC(=O)C(CC(=O)O)NC(=O)OCc2ccccc2)CO1. The average Bonchev–Trinajstić information content (AvgIpc) is 3.78. The fourth-order valence-electron chi connectivity index (χ4n) is 4.57. The number of hydrogen-bond acceptors (Lipinski definition) is 7. The second-order valence-corrected chi connectivity index (χ2v) is 10.7. The molecule has 1 fully saturated rings. The number of Topliss-reactive ketones (excluding diaryl/α,β-unsaturated/α-hetero) is 1. The van der Waals surface area contributed by atoms with Gasteiger partial charge in [0.1, 0.15) is 24.3 Å².